The van der Waals surface area contributed by atoms with Crippen LogP contribution in [0.4, 0.5) is 0 Å². The molecule has 2 aliphatic rings. The van der Waals surface area contributed by atoms with Crippen molar-refractivity contribution in [2.24, 2.45) is 18.9 Å². The third kappa shape index (κ3) is 3.64. The van der Waals surface area contributed by atoms with Gasteiger partial charge in [0, 0.05) is 44.5 Å². The molecule has 3 atom stereocenters. The average molecular weight is 367 g/mol. The molecule has 140 valence electrons. The lowest BCUT2D eigenvalue weighted by molar-refractivity contribution is 0.0672. The van der Waals surface area contributed by atoms with Crippen LogP contribution in [0.3, 0.4) is 0 Å². The van der Waals surface area contributed by atoms with Gasteiger partial charge in [0.25, 0.3) is 5.91 Å². The Kier molecular flexibility index (Phi) is 4.77. The minimum Gasteiger partial charge on any atom is -0.478 e. The Morgan fingerprint density at radius 2 is 2.30 bits per heavy atom. The van der Waals surface area contributed by atoms with Crippen molar-refractivity contribution in [3.63, 3.8) is 0 Å². The smallest absolute Gasteiger partial charge is 0.257 e. The molecule has 2 aromatic heterocycles. The summed E-state index contributed by atoms with van der Waals surface area (Å²) < 4.78 is 13.3. The third-order valence-corrected chi connectivity index (χ3v) is 5.28. The van der Waals surface area contributed by atoms with Crippen molar-refractivity contribution in [1.29, 1.82) is 5.26 Å². The van der Waals surface area contributed by atoms with Crippen LogP contribution in [0.25, 0.3) is 0 Å². The first-order valence-electron chi connectivity index (χ1n) is 9.02. The van der Waals surface area contributed by atoms with Crippen LogP contribution in [0.15, 0.2) is 30.7 Å². The first kappa shape index (κ1) is 17.5. The molecule has 0 saturated carbocycles. The molecule has 2 saturated heterocycles. The molecule has 0 bridgehead atoms. The maximum atomic E-state index is 12.6. The summed E-state index contributed by atoms with van der Waals surface area (Å²) in [6, 6.07) is 5.43. The van der Waals surface area contributed by atoms with E-state index in [-0.39, 0.29) is 12.0 Å². The second-order valence-corrected chi connectivity index (χ2v) is 7.04. The zero-order valence-electron chi connectivity index (χ0n) is 15.1. The van der Waals surface area contributed by atoms with Crippen LogP contribution in [0, 0.1) is 23.2 Å². The summed E-state index contributed by atoms with van der Waals surface area (Å²) in [5, 5.41) is 12.9. The fraction of sp³-hybridized carbons (Fsp3) is 0.474. The highest BCUT2D eigenvalue weighted by Gasteiger charge is 2.45. The highest BCUT2D eigenvalue weighted by molar-refractivity contribution is 5.94. The number of carbonyl (C=O) groups excluding carboxylic acids is 1. The van der Waals surface area contributed by atoms with E-state index in [0.29, 0.717) is 55.1 Å². The maximum Gasteiger partial charge on any atom is 0.257 e. The molecule has 8 heteroatoms. The number of carbonyl (C=O) groups is 1. The number of pyridine rings is 1. The Balaban J connectivity index is 1.29. The van der Waals surface area contributed by atoms with Crippen LogP contribution in [0.5, 0.6) is 5.88 Å². The lowest BCUT2D eigenvalue weighted by atomic mass is 9.91. The fourth-order valence-electron chi connectivity index (χ4n) is 3.82. The predicted molar refractivity (Wildman–Crippen MR) is 94.9 cm³/mol. The standard InChI is InChI=1S/C19H21N5O3/c1-23-9-15(8-22-23)19(25)24-10-16-14(12-27-17(16)11-24)4-5-26-18-3-2-13(6-20)7-21-18/h2-3,7-9,14,16-17H,4-5,10-12H2,1H3/t14-,16-,17-/m0/s1. The topological polar surface area (TPSA) is 93.3 Å². The predicted octanol–water partition coefficient (Wildman–Crippen LogP) is 1.24. The van der Waals surface area contributed by atoms with Gasteiger partial charge in [0.05, 0.1) is 36.6 Å². The van der Waals surface area contributed by atoms with Crippen LogP contribution in [0.1, 0.15) is 22.3 Å². The number of ether oxygens (including phenoxy) is 2. The number of rotatable bonds is 5. The third-order valence-electron chi connectivity index (χ3n) is 5.28. The van der Waals surface area contributed by atoms with Gasteiger partial charge in [0.2, 0.25) is 5.88 Å². The monoisotopic (exact) mass is 367 g/mol. The summed E-state index contributed by atoms with van der Waals surface area (Å²) in [6.45, 7) is 2.58. The Morgan fingerprint density at radius 3 is 3.00 bits per heavy atom. The number of aryl methyl sites for hydroxylation is 1. The van der Waals surface area contributed by atoms with Crippen molar-refractivity contribution in [1.82, 2.24) is 19.7 Å². The molecule has 8 nitrogen and oxygen atoms in total. The van der Waals surface area contributed by atoms with E-state index in [9.17, 15) is 4.79 Å². The van der Waals surface area contributed by atoms with Crippen molar-refractivity contribution in [2.45, 2.75) is 12.5 Å². The highest BCUT2D eigenvalue weighted by atomic mass is 16.5. The van der Waals surface area contributed by atoms with Gasteiger partial charge in [0.15, 0.2) is 0 Å². The second kappa shape index (κ2) is 7.37. The SMILES string of the molecule is Cn1cc(C(=O)N2C[C@H]3[C@@H](CCOc4ccc(C#N)cn4)CO[C@H]3C2)cn1. The summed E-state index contributed by atoms with van der Waals surface area (Å²) >= 11 is 0. The Hall–Kier alpha value is -2.92. The van der Waals surface area contributed by atoms with Crippen LogP contribution in [-0.4, -0.2) is 58.0 Å². The zero-order valence-corrected chi connectivity index (χ0v) is 15.1. The van der Waals surface area contributed by atoms with Crippen LogP contribution >= 0.6 is 0 Å². The first-order chi connectivity index (χ1) is 13.1. The molecule has 0 unspecified atom stereocenters. The summed E-state index contributed by atoms with van der Waals surface area (Å²) in [7, 11) is 1.80. The molecule has 27 heavy (non-hydrogen) atoms. The van der Waals surface area contributed by atoms with Gasteiger partial charge in [-0.25, -0.2) is 4.98 Å². The fourth-order valence-corrected chi connectivity index (χ4v) is 3.82. The minimum absolute atomic E-state index is 0.0119. The summed E-state index contributed by atoms with van der Waals surface area (Å²) in [5.74, 6) is 1.23. The van der Waals surface area contributed by atoms with Crippen LogP contribution in [0.2, 0.25) is 0 Å². The van der Waals surface area contributed by atoms with Gasteiger partial charge in [0.1, 0.15) is 6.07 Å². The van der Waals surface area contributed by atoms with Crippen molar-refractivity contribution in [3.05, 3.63) is 41.9 Å². The molecule has 0 aromatic carbocycles. The van der Waals surface area contributed by atoms with Crippen LogP contribution < -0.4 is 4.74 Å². The lowest BCUT2D eigenvalue weighted by Gasteiger charge is -2.19. The van der Waals surface area contributed by atoms with Gasteiger partial charge >= 0.3 is 0 Å². The van der Waals surface area contributed by atoms with Crippen LogP contribution in [-0.2, 0) is 11.8 Å². The zero-order chi connectivity index (χ0) is 18.8. The minimum atomic E-state index is 0.0119. The highest BCUT2D eigenvalue weighted by Crippen LogP contribution is 2.36. The molecular weight excluding hydrogens is 346 g/mol. The van der Waals surface area contributed by atoms with Gasteiger partial charge in [-0.15, -0.1) is 0 Å². The number of nitriles is 1. The van der Waals surface area contributed by atoms with Gasteiger partial charge in [-0.05, 0) is 18.4 Å². The van der Waals surface area contributed by atoms with E-state index in [1.54, 1.807) is 36.3 Å². The van der Waals surface area contributed by atoms with Gasteiger partial charge in [-0.3, -0.25) is 9.48 Å². The van der Waals surface area contributed by atoms with Gasteiger partial charge in [-0.2, -0.15) is 10.4 Å². The Bertz CT molecular complexity index is 857. The number of aromatic nitrogens is 3. The van der Waals surface area contributed by atoms with Gasteiger partial charge in [-0.1, -0.05) is 0 Å². The van der Waals surface area contributed by atoms with E-state index in [4.69, 9.17) is 14.7 Å². The average Bonchev–Trinajstić information content (AvgIpc) is 3.38. The normalized spacial score (nSPS) is 23.9. The largest absolute Gasteiger partial charge is 0.478 e. The summed E-state index contributed by atoms with van der Waals surface area (Å²) in [4.78, 5) is 18.6. The Morgan fingerprint density at radius 1 is 1.41 bits per heavy atom. The molecule has 2 fully saturated rings. The first-order valence-corrected chi connectivity index (χ1v) is 9.02. The van der Waals surface area contributed by atoms with E-state index in [2.05, 4.69) is 10.1 Å². The second-order valence-electron chi connectivity index (χ2n) is 7.04. The number of nitrogens with zero attached hydrogens (tertiary/aromatic N) is 5. The van der Waals surface area contributed by atoms with E-state index in [1.165, 1.54) is 6.20 Å². The molecule has 0 aliphatic carbocycles. The van der Waals surface area contributed by atoms with E-state index in [1.807, 2.05) is 11.0 Å². The molecule has 2 aliphatic heterocycles. The Labute approximate surface area is 157 Å². The van der Waals surface area contributed by atoms with Gasteiger partial charge < -0.3 is 14.4 Å². The number of hydrogen-bond donors (Lipinski definition) is 0. The molecule has 0 N–H and O–H groups in total. The quantitative estimate of drug-likeness (QED) is 0.789. The molecule has 2 aromatic rings. The molecule has 0 spiro atoms. The van der Waals surface area contributed by atoms with Crippen molar-refractivity contribution in [3.8, 4) is 11.9 Å². The molecule has 4 rings (SSSR count). The van der Waals surface area contributed by atoms with E-state index < -0.39 is 0 Å². The number of amides is 1. The van der Waals surface area contributed by atoms with Crippen molar-refractivity contribution >= 4 is 5.91 Å². The van der Waals surface area contributed by atoms with Crippen molar-refractivity contribution in [2.75, 3.05) is 26.3 Å². The maximum absolute atomic E-state index is 12.6. The molecular formula is C19H21N5O3. The van der Waals surface area contributed by atoms with E-state index >= 15 is 0 Å². The number of fused-ring (bicyclic) bond motifs is 1. The lowest BCUT2D eigenvalue weighted by Crippen LogP contribution is -2.31. The number of hydrogen-bond acceptors (Lipinski definition) is 6. The summed E-state index contributed by atoms with van der Waals surface area (Å²) in [5.41, 5.74) is 1.13. The molecule has 4 heterocycles. The van der Waals surface area contributed by atoms with Crippen molar-refractivity contribution < 1.29 is 14.3 Å². The van der Waals surface area contributed by atoms with E-state index in [0.717, 1.165) is 6.42 Å². The molecule has 1 amide bonds. The summed E-state index contributed by atoms with van der Waals surface area (Å²) in [6.07, 6.45) is 5.80. The number of likely N-dealkylation sites (tertiary alicyclic amines) is 1. The molecule has 0 radical (unpaired) electrons.